The maximum Gasteiger partial charge on any atom is 0.273 e. The molecule has 0 heterocycles. The molecule has 0 saturated heterocycles. The number of benzene rings is 4. The fourth-order valence-corrected chi connectivity index (χ4v) is 5.42. The van der Waals surface area contributed by atoms with Gasteiger partial charge in [0.2, 0.25) is 0 Å². The Labute approximate surface area is 241 Å². The quantitative estimate of drug-likeness (QED) is 0.169. The second kappa shape index (κ2) is 13.6. The zero-order valence-corrected chi connectivity index (χ0v) is 24.0. The fraction of sp³-hybridized carbons (Fsp3) is 0.188. The number of anilines is 1. The molecule has 212 valence electrons. The number of ether oxygens (including phenoxy) is 2. The third kappa shape index (κ3) is 7.73. The molecule has 0 aromatic heterocycles. The lowest BCUT2D eigenvalue weighted by molar-refractivity contribution is 0.0955. The minimum atomic E-state index is -4.06. The maximum absolute atomic E-state index is 13.9. The number of para-hydroxylation sites is 1. The van der Waals surface area contributed by atoms with Crippen LogP contribution in [0, 0.1) is 5.92 Å². The number of hydrogen-bond donors (Lipinski definition) is 1. The topological polar surface area (TPSA) is 97.3 Å². The molecule has 0 spiro atoms. The lowest BCUT2D eigenvalue weighted by Gasteiger charge is -2.26. The average Bonchev–Trinajstić information content (AvgIpc) is 3.00. The Balaban J connectivity index is 1.60. The van der Waals surface area contributed by atoms with Gasteiger partial charge in [-0.05, 0) is 77.7 Å². The molecule has 41 heavy (non-hydrogen) atoms. The van der Waals surface area contributed by atoms with Crippen LogP contribution in [0.4, 0.5) is 5.69 Å². The lowest BCUT2D eigenvalue weighted by Crippen LogP contribution is -2.33. The summed E-state index contributed by atoms with van der Waals surface area (Å²) in [6.45, 7) is 4.81. The van der Waals surface area contributed by atoms with E-state index in [4.69, 9.17) is 9.47 Å². The van der Waals surface area contributed by atoms with E-state index >= 15 is 0 Å². The van der Waals surface area contributed by atoms with Crippen molar-refractivity contribution in [3.63, 3.8) is 0 Å². The number of amides is 1. The third-order valence-corrected chi connectivity index (χ3v) is 7.85. The number of nitrogens with zero attached hydrogens (tertiary/aromatic N) is 2. The molecule has 0 radical (unpaired) electrons. The van der Waals surface area contributed by atoms with E-state index in [2.05, 4.69) is 24.4 Å². The Bertz CT molecular complexity index is 1570. The van der Waals surface area contributed by atoms with Gasteiger partial charge in [-0.15, -0.1) is 0 Å². The monoisotopic (exact) mass is 571 g/mol. The minimum absolute atomic E-state index is 0.0218. The first kappa shape index (κ1) is 29.4. The van der Waals surface area contributed by atoms with Crippen LogP contribution < -0.4 is 19.2 Å². The number of methoxy groups -OCH3 is 1. The molecule has 0 bridgehead atoms. The number of nitrogens with one attached hydrogen (secondary N) is 1. The van der Waals surface area contributed by atoms with Gasteiger partial charge in [-0.2, -0.15) is 5.10 Å². The van der Waals surface area contributed by atoms with Crippen LogP contribution in [0.15, 0.2) is 113 Å². The van der Waals surface area contributed by atoms with Crippen LogP contribution in [-0.2, 0) is 16.6 Å². The molecular weight excluding hydrogens is 538 g/mol. The van der Waals surface area contributed by atoms with E-state index < -0.39 is 15.9 Å². The zero-order chi connectivity index (χ0) is 29.2. The lowest BCUT2D eigenvalue weighted by atomic mass is 10.1. The summed E-state index contributed by atoms with van der Waals surface area (Å²) < 4.78 is 40.0. The van der Waals surface area contributed by atoms with Gasteiger partial charge in [0.15, 0.2) is 0 Å². The molecule has 0 aliphatic heterocycles. The molecule has 8 nitrogen and oxygen atoms in total. The molecule has 0 fully saturated rings. The maximum atomic E-state index is 13.9. The van der Waals surface area contributed by atoms with Gasteiger partial charge in [0, 0.05) is 0 Å². The van der Waals surface area contributed by atoms with Crippen molar-refractivity contribution < 1.29 is 22.7 Å². The molecule has 4 rings (SSSR count). The number of carbonyl (C=O) groups excluding carboxylic acids is 1. The third-order valence-electron chi connectivity index (χ3n) is 6.08. The Kier molecular flexibility index (Phi) is 9.76. The van der Waals surface area contributed by atoms with E-state index in [1.807, 2.05) is 54.6 Å². The summed E-state index contributed by atoms with van der Waals surface area (Å²) in [7, 11) is -2.55. The van der Waals surface area contributed by atoms with Crippen molar-refractivity contribution in [2.45, 2.75) is 25.3 Å². The van der Waals surface area contributed by atoms with Crippen LogP contribution >= 0.6 is 0 Å². The van der Waals surface area contributed by atoms with Crippen molar-refractivity contribution in [2.24, 2.45) is 11.0 Å². The number of hydrogen-bond acceptors (Lipinski definition) is 6. The largest absolute Gasteiger partial charge is 0.497 e. The summed E-state index contributed by atoms with van der Waals surface area (Å²) in [6.07, 6.45) is 1.52. The standard InChI is InChI=1S/C32H33N3O5S/c1-24(2)23-40-28-15-13-25(14-16-28)21-33-34-32(36)30-11-7-8-12-31(30)35(22-26-9-5-4-6-10-26)41(37,38)29-19-17-27(39-3)18-20-29/h4-21,24H,22-23H2,1-3H3,(H,34,36)/b33-21-. The van der Waals surface area contributed by atoms with Crippen molar-refractivity contribution in [2.75, 3.05) is 18.0 Å². The van der Waals surface area contributed by atoms with Crippen molar-refractivity contribution in [3.05, 3.63) is 120 Å². The van der Waals surface area contributed by atoms with Crippen molar-refractivity contribution in [3.8, 4) is 11.5 Å². The van der Waals surface area contributed by atoms with E-state index in [0.717, 1.165) is 16.9 Å². The van der Waals surface area contributed by atoms with E-state index in [1.165, 1.54) is 29.8 Å². The van der Waals surface area contributed by atoms with Crippen molar-refractivity contribution in [1.29, 1.82) is 0 Å². The highest BCUT2D eigenvalue weighted by Gasteiger charge is 2.28. The first-order valence-electron chi connectivity index (χ1n) is 13.1. The van der Waals surface area contributed by atoms with Crippen LogP contribution in [0.2, 0.25) is 0 Å². The fourth-order valence-electron chi connectivity index (χ4n) is 3.95. The van der Waals surface area contributed by atoms with Gasteiger partial charge in [0.05, 0.1) is 42.6 Å². The molecule has 0 saturated carbocycles. The highest BCUT2D eigenvalue weighted by atomic mass is 32.2. The first-order chi connectivity index (χ1) is 19.8. The predicted octanol–water partition coefficient (Wildman–Crippen LogP) is 5.89. The number of rotatable bonds is 12. The van der Waals surface area contributed by atoms with E-state index in [-0.39, 0.29) is 22.7 Å². The molecule has 0 aliphatic rings. The highest BCUT2D eigenvalue weighted by molar-refractivity contribution is 7.92. The van der Waals surface area contributed by atoms with Gasteiger partial charge in [0.25, 0.3) is 15.9 Å². The molecule has 4 aromatic carbocycles. The molecular formula is C32H33N3O5S. The second-order valence-corrected chi connectivity index (χ2v) is 11.5. The van der Waals surface area contributed by atoms with E-state index in [9.17, 15) is 13.2 Å². The molecule has 9 heteroatoms. The normalized spacial score (nSPS) is 11.4. The van der Waals surface area contributed by atoms with Gasteiger partial charge in [-0.3, -0.25) is 9.10 Å². The van der Waals surface area contributed by atoms with Crippen LogP contribution in [0.1, 0.15) is 35.3 Å². The Morgan fingerprint density at radius 1 is 0.878 bits per heavy atom. The number of carbonyl (C=O) groups is 1. The van der Waals surface area contributed by atoms with Gasteiger partial charge in [-0.1, -0.05) is 56.3 Å². The van der Waals surface area contributed by atoms with Gasteiger partial charge >= 0.3 is 0 Å². The summed E-state index contributed by atoms with van der Waals surface area (Å²) in [6, 6.07) is 29.3. The molecule has 4 aromatic rings. The molecule has 0 atom stereocenters. The van der Waals surface area contributed by atoms with Crippen molar-refractivity contribution in [1.82, 2.24) is 5.43 Å². The van der Waals surface area contributed by atoms with Crippen LogP contribution in [0.3, 0.4) is 0 Å². The SMILES string of the molecule is COc1ccc(S(=O)(=O)N(Cc2ccccc2)c2ccccc2C(=O)N/N=C\c2ccc(OCC(C)C)cc2)cc1. The van der Waals surface area contributed by atoms with Crippen molar-refractivity contribution >= 4 is 27.8 Å². The number of sulfonamides is 1. The number of hydrazone groups is 1. The summed E-state index contributed by atoms with van der Waals surface area (Å²) in [5, 5.41) is 4.10. The summed E-state index contributed by atoms with van der Waals surface area (Å²) in [4.78, 5) is 13.4. The molecule has 1 N–H and O–H groups in total. The van der Waals surface area contributed by atoms with Gasteiger partial charge in [-0.25, -0.2) is 13.8 Å². The average molecular weight is 572 g/mol. The molecule has 0 aliphatic carbocycles. The summed E-state index contributed by atoms with van der Waals surface area (Å²) >= 11 is 0. The Morgan fingerprint density at radius 2 is 1.51 bits per heavy atom. The van der Waals surface area contributed by atoms with Gasteiger partial charge in [0.1, 0.15) is 11.5 Å². The molecule has 0 unspecified atom stereocenters. The second-order valence-electron chi connectivity index (χ2n) is 9.66. The predicted molar refractivity (Wildman–Crippen MR) is 161 cm³/mol. The van der Waals surface area contributed by atoms with E-state index in [1.54, 1.807) is 36.4 Å². The first-order valence-corrected chi connectivity index (χ1v) is 14.6. The van der Waals surface area contributed by atoms with E-state index in [0.29, 0.717) is 18.3 Å². The molecule has 1 amide bonds. The Morgan fingerprint density at radius 3 is 2.17 bits per heavy atom. The minimum Gasteiger partial charge on any atom is -0.497 e. The zero-order valence-electron chi connectivity index (χ0n) is 23.2. The van der Waals surface area contributed by atoms with Crippen LogP contribution in [0.5, 0.6) is 11.5 Å². The summed E-state index contributed by atoms with van der Waals surface area (Å²) in [5.74, 6) is 1.17. The summed E-state index contributed by atoms with van der Waals surface area (Å²) in [5.41, 5.74) is 4.45. The van der Waals surface area contributed by atoms with Crippen LogP contribution in [-0.4, -0.2) is 34.3 Å². The van der Waals surface area contributed by atoms with Gasteiger partial charge < -0.3 is 9.47 Å². The smallest absolute Gasteiger partial charge is 0.273 e. The Hall–Kier alpha value is -4.63. The van der Waals surface area contributed by atoms with Crippen LogP contribution in [0.25, 0.3) is 0 Å². The highest BCUT2D eigenvalue weighted by Crippen LogP contribution is 2.30.